The first-order valence-electron chi connectivity index (χ1n) is 8.13. The highest BCUT2D eigenvalue weighted by atomic mass is 15.1. The fraction of sp³-hybridized carbons (Fsp3) is 1.00. The number of piperidine rings is 1. The summed E-state index contributed by atoms with van der Waals surface area (Å²) in [5, 5.41) is 3.48. The van der Waals surface area contributed by atoms with Crippen LogP contribution in [0.4, 0.5) is 0 Å². The minimum atomic E-state index is 0.639. The van der Waals surface area contributed by atoms with E-state index < -0.39 is 0 Å². The van der Waals surface area contributed by atoms with Crippen LogP contribution in [0.1, 0.15) is 65.7 Å². The van der Waals surface area contributed by atoms with Gasteiger partial charge in [-0.3, -0.25) is 0 Å². The molecule has 0 aromatic rings. The van der Waals surface area contributed by atoms with Crippen LogP contribution in [-0.4, -0.2) is 37.6 Å². The molecule has 0 aromatic carbocycles. The van der Waals surface area contributed by atoms with Gasteiger partial charge in [-0.05, 0) is 70.2 Å². The second kappa shape index (κ2) is 8.92. The van der Waals surface area contributed by atoms with Crippen molar-refractivity contribution in [2.75, 3.05) is 32.7 Å². The lowest BCUT2D eigenvalue weighted by Gasteiger charge is -2.39. The minimum Gasteiger partial charge on any atom is -0.317 e. The maximum atomic E-state index is 3.48. The maximum absolute atomic E-state index is 3.48. The summed E-state index contributed by atoms with van der Waals surface area (Å²) in [7, 11) is 0. The van der Waals surface area contributed by atoms with Crippen LogP contribution in [0.15, 0.2) is 0 Å². The van der Waals surface area contributed by atoms with Gasteiger partial charge in [0.25, 0.3) is 0 Å². The van der Waals surface area contributed by atoms with E-state index in [0.717, 1.165) is 0 Å². The number of nitrogens with one attached hydrogen (secondary N) is 1. The van der Waals surface area contributed by atoms with E-state index in [9.17, 15) is 0 Å². The molecule has 18 heavy (non-hydrogen) atoms. The standard InChI is InChI=1S/C16H34N2/c1-4-11-17-12-7-6-8-13-18-14-9-16(3,5-2)10-15-18/h17H,4-15H2,1-3H3. The lowest BCUT2D eigenvalue weighted by Crippen LogP contribution is -2.38. The highest BCUT2D eigenvalue weighted by Crippen LogP contribution is 2.33. The lowest BCUT2D eigenvalue weighted by molar-refractivity contribution is 0.113. The molecule has 0 radical (unpaired) electrons. The van der Waals surface area contributed by atoms with E-state index in [1.54, 1.807) is 0 Å². The fourth-order valence-electron chi connectivity index (χ4n) is 2.73. The van der Waals surface area contributed by atoms with Gasteiger partial charge in [-0.15, -0.1) is 0 Å². The summed E-state index contributed by atoms with van der Waals surface area (Å²) in [6.07, 6.45) is 9.53. The van der Waals surface area contributed by atoms with Crippen molar-refractivity contribution in [2.45, 2.75) is 65.7 Å². The van der Waals surface area contributed by atoms with Gasteiger partial charge in [0, 0.05) is 0 Å². The number of rotatable bonds is 9. The second-order valence-electron chi connectivity index (χ2n) is 6.32. The van der Waals surface area contributed by atoms with Gasteiger partial charge in [0.1, 0.15) is 0 Å². The SMILES string of the molecule is CCCNCCCCCN1CCC(C)(CC)CC1. The molecule has 1 heterocycles. The number of nitrogens with zero attached hydrogens (tertiary/aromatic N) is 1. The van der Waals surface area contributed by atoms with E-state index in [1.807, 2.05) is 0 Å². The molecule has 1 saturated heterocycles. The predicted molar refractivity (Wildman–Crippen MR) is 81.1 cm³/mol. The molecule has 1 rings (SSSR count). The molecule has 0 aliphatic carbocycles. The van der Waals surface area contributed by atoms with Crippen molar-refractivity contribution >= 4 is 0 Å². The van der Waals surface area contributed by atoms with E-state index in [0.29, 0.717) is 5.41 Å². The summed E-state index contributed by atoms with van der Waals surface area (Å²) >= 11 is 0. The van der Waals surface area contributed by atoms with Crippen molar-refractivity contribution in [3.05, 3.63) is 0 Å². The predicted octanol–water partition coefficient (Wildman–Crippen LogP) is 3.67. The Hall–Kier alpha value is -0.0800. The molecule has 1 N–H and O–H groups in total. The molecule has 0 atom stereocenters. The first kappa shape index (κ1) is 16.0. The van der Waals surface area contributed by atoms with E-state index in [2.05, 4.69) is 31.0 Å². The molecule has 1 aliphatic heterocycles. The van der Waals surface area contributed by atoms with Crippen molar-refractivity contribution < 1.29 is 0 Å². The Balaban J connectivity index is 1.95. The zero-order chi connectivity index (χ0) is 13.3. The normalized spacial score (nSPS) is 20.2. The maximum Gasteiger partial charge on any atom is -0.00135 e. The molecular formula is C16H34N2. The summed E-state index contributed by atoms with van der Waals surface area (Å²) < 4.78 is 0. The molecule has 1 aliphatic rings. The van der Waals surface area contributed by atoms with Gasteiger partial charge in [0.15, 0.2) is 0 Å². The van der Waals surface area contributed by atoms with Gasteiger partial charge in [-0.2, -0.15) is 0 Å². The van der Waals surface area contributed by atoms with Crippen molar-refractivity contribution in [3.63, 3.8) is 0 Å². The van der Waals surface area contributed by atoms with E-state index >= 15 is 0 Å². The summed E-state index contributed by atoms with van der Waals surface area (Å²) in [6, 6.07) is 0. The topological polar surface area (TPSA) is 15.3 Å². The number of unbranched alkanes of at least 4 members (excludes halogenated alkanes) is 2. The number of hydrogen-bond donors (Lipinski definition) is 1. The van der Waals surface area contributed by atoms with Crippen molar-refractivity contribution in [1.29, 1.82) is 0 Å². The van der Waals surface area contributed by atoms with E-state index in [1.165, 1.54) is 77.7 Å². The van der Waals surface area contributed by atoms with E-state index in [-0.39, 0.29) is 0 Å². The molecule has 2 heteroatoms. The quantitative estimate of drug-likeness (QED) is 0.632. The Morgan fingerprint density at radius 1 is 1.00 bits per heavy atom. The molecule has 1 fully saturated rings. The van der Waals surface area contributed by atoms with Gasteiger partial charge >= 0.3 is 0 Å². The van der Waals surface area contributed by atoms with Gasteiger partial charge in [0.05, 0.1) is 0 Å². The molecule has 0 bridgehead atoms. The molecule has 2 nitrogen and oxygen atoms in total. The Morgan fingerprint density at radius 3 is 2.33 bits per heavy atom. The van der Waals surface area contributed by atoms with Crippen LogP contribution in [0.2, 0.25) is 0 Å². The molecule has 0 amide bonds. The van der Waals surface area contributed by atoms with E-state index in [4.69, 9.17) is 0 Å². The molecular weight excluding hydrogens is 220 g/mol. The number of hydrogen-bond acceptors (Lipinski definition) is 2. The fourth-order valence-corrected chi connectivity index (χ4v) is 2.73. The first-order valence-corrected chi connectivity index (χ1v) is 8.13. The third-order valence-corrected chi connectivity index (χ3v) is 4.67. The van der Waals surface area contributed by atoms with Crippen LogP contribution in [0.5, 0.6) is 0 Å². The minimum absolute atomic E-state index is 0.639. The van der Waals surface area contributed by atoms with Crippen LogP contribution < -0.4 is 5.32 Å². The van der Waals surface area contributed by atoms with Gasteiger partial charge < -0.3 is 10.2 Å². The van der Waals surface area contributed by atoms with Crippen LogP contribution in [0, 0.1) is 5.41 Å². The zero-order valence-corrected chi connectivity index (χ0v) is 12.9. The lowest BCUT2D eigenvalue weighted by atomic mass is 9.78. The highest BCUT2D eigenvalue weighted by molar-refractivity contribution is 4.81. The molecule has 0 unspecified atom stereocenters. The third-order valence-electron chi connectivity index (χ3n) is 4.67. The molecule has 0 saturated carbocycles. The summed E-state index contributed by atoms with van der Waals surface area (Å²) in [4.78, 5) is 2.68. The molecule has 0 aromatic heterocycles. The van der Waals surface area contributed by atoms with Crippen molar-refractivity contribution in [2.24, 2.45) is 5.41 Å². The van der Waals surface area contributed by atoms with Crippen LogP contribution >= 0.6 is 0 Å². The average molecular weight is 254 g/mol. The van der Waals surface area contributed by atoms with Crippen molar-refractivity contribution in [1.82, 2.24) is 10.2 Å². The average Bonchev–Trinajstić information content (AvgIpc) is 2.40. The molecule has 108 valence electrons. The van der Waals surface area contributed by atoms with Crippen LogP contribution in [0.3, 0.4) is 0 Å². The largest absolute Gasteiger partial charge is 0.317 e. The highest BCUT2D eigenvalue weighted by Gasteiger charge is 2.27. The summed E-state index contributed by atoms with van der Waals surface area (Å²) in [5.41, 5.74) is 0.639. The van der Waals surface area contributed by atoms with Gasteiger partial charge in [-0.25, -0.2) is 0 Å². The summed E-state index contributed by atoms with van der Waals surface area (Å²) in [5.74, 6) is 0. The first-order chi connectivity index (χ1) is 8.70. The Labute approximate surface area is 115 Å². The smallest absolute Gasteiger partial charge is 0.00135 e. The Kier molecular flexibility index (Phi) is 7.92. The van der Waals surface area contributed by atoms with Gasteiger partial charge in [0.2, 0.25) is 0 Å². The summed E-state index contributed by atoms with van der Waals surface area (Å²) in [6.45, 7) is 13.4. The third kappa shape index (κ3) is 6.19. The Bertz CT molecular complexity index is 195. The van der Waals surface area contributed by atoms with Crippen LogP contribution in [0.25, 0.3) is 0 Å². The second-order valence-corrected chi connectivity index (χ2v) is 6.32. The van der Waals surface area contributed by atoms with Crippen molar-refractivity contribution in [3.8, 4) is 0 Å². The van der Waals surface area contributed by atoms with Crippen LogP contribution in [-0.2, 0) is 0 Å². The number of likely N-dealkylation sites (tertiary alicyclic amines) is 1. The monoisotopic (exact) mass is 254 g/mol. The Morgan fingerprint density at radius 2 is 1.72 bits per heavy atom. The molecule has 0 spiro atoms. The zero-order valence-electron chi connectivity index (χ0n) is 12.9. The van der Waals surface area contributed by atoms with Gasteiger partial charge in [-0.1, -0.05) is 33.6 Å².